The van der Waals surface area contributed by atoms with Gasteiger partial charge < -0.3 is 19.4 Å². The van der Waals surface area contributed by atoms with E-state index in [-0.39, 0.29) is 40.0 Å². The summed E-state index contributed by atoms with van der Waals surface area (Å²) < 4.78 is 54.3. The number of carbonyl (C=O) groups excluding carboxylic acids is 2. The fourth-order valence-electron chi connectivity index (χ4n) is 4.31. The number of anilines is 1. The predicted molar refractivity (Wildman–Crippen MR) is 151 cm³/mol. The summed E-state index contributed by atoms with van der Waals surface area (Å²) in [5, 5.41) is 10.9. The van der Waals surface area contributed by atoms with E-state index in [1.54, 1.807) is 45.0 Å². The second kappa shape index (κ2) is 10.7. The quantitative estimate of drug-likeness (QED) is 0.420. The Morgan fingerprint density at radius 2 is 1.80 bits per heavy atom. The molecule has 1 aliphatic heterocycles. The van der Waals surface area contributed by atoms with Crippen LogP contribution in [-0.2, 0) is 31.3 Å². The van der Waals surface area contributed by atoms with Crippen molar-refractivity contribution in [3.8, 4) is 11.5 Å². The predicted octanol–water partition coefficient (Wildman–Crippen LogP) is 5.35. The first-order valence-electron chi connectivity index (χ1n) is 12.8. The maximum Gasteiger partial charge on any atom is 0.408 e. The Labute approximate surface area is 243 Å². The van der Waals surface area contributed by atoms with Gasteiger partial charge in [0.05, 0.1) is 28.4 Å². The third-order valence-corrected chi connectivity index (χ3v) is 8.38. The summed E-state index contributed by atoms with van der Waals surface area (Å²) in [7, 11) is -4.31. The van der Waals surface area contributed by atoms with Gasteiger partial charge in [-0.1, -0.05) is 44.5 Å². The molecule has 0 unspecified atom stereocenters. The molecule has 2 aromatic carbocycles. The first-order valence-corrected chi connectivity index (χ1v) is 14.9. The van der Waals surface area contributed by atoms with Crippen molar-refractivity contribution < 1.29 is 31.6 Å². The summed E-state index contributed by atoms with van der Waals surface area (Å²) in [6.45, 7) is 11.7. The number of nitrogens with zero attached hydrogens (tertiary/aromatic N) is 3. The zero-order valence-electron chi connectivity index (χ0n) is 23.8. The van der Waals surface area contributed by atoms with Crippen LogP contribution in [0.1, 0.15) is 58.6 Å². The van der Waals surface area contributed by atoms with Crippen molar-refractivity contribution in [2.75, 3.05) is 10.7 Å². The van der Waals surface area contributed by atoms with Gasteiger partial charge in [-0.25, -0.2) is 17.6 Å². The Hall–Kier alpha value is -3.51. The topological polar surface area (TPSA) is 132 Å². The molecule has 0 saturated heterocycles. The van der Waals surface area contributed by atoms with E-state index < -0.39 is 50.5 Å². The minimum absolute atomic E-state index is 0.0807. The SMILES string of the molecule is Cc1c(F)c(-c2nnc(C(C)(C)C)o2)cc2c1S(=O)(=O)C[C@H](NC(=O)OC(C)(C)C)C(=O)N2Cc1ccc(Cl)cc1. The highest BCUT2D eigenvalue weighted by atomic mass is 35.5. The number of nitrogens with one attached hydrogen (secondary N) is 1. The molecule has 13 heteroatoms. The van der Waals surface area contributed by atoms with Gasteiger partial charge in [-0.3, -0.25) is 4.79 Å². The molecular weight excluding hydrogens is 575 g/mol. The van der Waals surface area contributed by atoms with E-state index in [0.29, 0.717) is 10.6 Å². The molecule has 0 fully saturated rings. The number of alkyl carbamates (subject to hydrolysis) is 1. The van der Waals surface area contributed by atoms with Gasteiger partial charge >= 0.3 is 6.09 Å². The molecule has 0 saturated carbocycles. The number of amides is 2. The summed E-state index contributed by atoms with van der Waals surface area (Å²) in [6, 6.07) is 6.31. The third-order valence-electron chi connectivity index (χ3n) is 6.21. The van der Waals surface area contributed by atoms with Gasteiger partial charge in [-0.2, -0.15) is 0 Å². The average Bonchev–Trinajstić information content (AvgIpc) is 3.31. The van der Waals surface area contributed by atoms with Gasteiger partial charge in [0.2, 0.25) is 5.89 Å². The summed E-state index contributed by atoms with van der Waals surface area (Å²) in [5.74, 6) is -2.33. The van der Waals surface area contributed by atoms with E-state index in [1.165, 1.54) is 17.9 Å². The highest BCUT2D eigenvalue weighted by Crippen LogP contribution is 2.40. The number of aromatic nitrogens is 2. The van der Waals surface area contributed by atoms with Crippen molar-refractivity contribution in [3.05, 3.63) is 58.2 Å². The third kappa shape index (κ3) is 6.54. The van der Waals surface area contributed by atoms with Crippen LogP contribution in [0.25, 0.3) is 11.5 Å². The summed E-state index contributed by atoms with van der Waals surface area (Å²) in [4.78, 5) is 27.4. The lowest BCUT2D eigenvalue weighted by Crippen LogP contribution is -2.51. The molecule has 2 amide bonds. The number of carbonyl (C=O) groups is 2. The van der Waals surface area contributed by atoms with Crippen molar-refractivity contribution in [3.63, 3.8) is 0 Å². The van der Waals surface area contributed by atoms with Gasteiger partial charge in [0, 0.05) is 16.0 Å². The lowest BCUT2D eigenvalue weighted by molar-refractivity contribution is -0.120. The molecule has 1 aliphatic rings. The molecule has 10 nitrogen and oxygen atoms in total. The molecule has 4 rings (SSSR count). The molecule has 0 bridgehead atoms. The monoisotopic (exact) mass is 606 g/mol. The van der Waals surface area contributed by atoms with Gasteiger partial charge in [-0.05, 0) is 51.5 Å². The van der Waals surface area contributed by atoms with Gasteiger partial charge in [0.1, 0.15) is 17.5 Å². The molecule has 1 atom stereocenters. The van der Waals surface area contributed by atoms with Crippen molar-refractivity contribution in [1.29, 1.82) is 0 Å². The minimum Gasteiger partial charge on any atom is -0.444 e. The fraction of sp³-hybridized carbons (Fsp3) is 0.429. The molecule has 2 heterocycles. The molecule has 0 aliphatic carbocycles. The molecule has 220 valence electrons. The Morgan fingerprint density at radius 1 is 1.17 bits per heavy atom. The van der Waals surface area contributed by atoms with Crippen LogP contribution in [-0.4, -0.2) is 48.0 Å². The van der Waals surface area contributed by atoms with Crippen LogP contribution in [0.3, 0.4) is 0 Å². The number of sulfone groups is 1. The number of halogens is 2. The number of fused-ring (bicyclic) bond motifs is 1. The van der Waals surface area contributed by atoms with E-state index in [1.807, 2.05) is 20.8 Å². The maximum absolute atomic E-state index is 15.8. The van der Waals surface area contributed by atoms with E-state index in [4.69, 9.17) is 20.8 Å². The number of hydrogen-bond donors (Lipinski definition) is 1. The van der Waals surface area contributed by atoms with Crippen molar-refractivity contribution >= 4 is 39.1 Å². The highest BCUT2D eigenvalue weighted by Gasteiger charge is 2.42. The Kier molecular flexibility index (Phi) is 7.96. The van der Waals surface area contributed by atoms with E-state index in [2.05, 4.69) is 15.5 Å². The van der Waals surface area contributed by atoms with Crippen LogP contribution in [0.4, 0.5) is 14.9 Å². The number of benzene rings is 2. The first kappa shape index (κ1) is 30.4. The van der Waals surface area contributed by atoms with Gasteiger partial charge in [-0.15, -0.1) is 10.2 Å². The zero-order valence-corrected chi connectivity index (χ0v) is 25.4. The fourth-order valence-corrected chi connectivity index (χ4v) is 6.31. The average molecular weight is 607 g/mol. The lowest BCUT2D eigenvalue weighted by atomic mass is 9.97. The molecule has 41 heavy (non-hydrogen) atoms. The Morgan fingerprint density at radius 3 is 2.37 bits per heavy atom. The van der Waals surface area contributed by atoms with E-state index in [0.717, 1.165) is 0 Å². The highest BCUT2D eigenvalue weighted by molar-refractivity contribution is 7.91. The van der Waals surface area contributed by atoms with Crippen molar-refractivity contribution in [2.45, 2.75) is 77.0 Å². The number of rotatable bonds is 4. The van der Waals surface area contributed by atoms with Gasteiger partial charge in [0.15, 0.2) is 9.84 Å². The molecule has 0 spiro atoms. The molecule has 1 aromatic heterocycles. The second-order valence-corrected chi connectivity index (χ2v) is 14.3. The number of hydrogen-bond acceptors (Lipinski definition) is 8. The second-order valence-electron chi connectivity index (χ2n) is 11.9. The normalized spacial score (nSPS) is 17.1. The molecule has 0 radical (unpaired) electrons. The van der Waals surface area contributed by atoms with Crippen LogP contribution in [0.5, 0.6) is 0 Å². The molecular formula is C28H32ClFN4O6S. The van der Waals surface area contributed by atoms with Crippen molar-refractivity contribution in [1.82, 2.24) is 15.5 Å². The largest absolute Gasteiger partial charge is 0.444 e. The lowest BCUT2D eigenvalue weighted by Gasteiger charge is -2.27. The standard InChI is InChI=1S/C28H32ClFN4O6S/c1-15-21(30)18(23-32-33-25(39-23)27(2,3)4)12-20-22(15)41(37,38)14-19(31-26(36)40-28(5,6)7)24(35)34(20)13-16-8-10-17(29)11-9-16/h8-12,19H,13-14H2,1-7H3,(H,31,36)/t19-/m0/s1. The molecule has 1 N–H and O–H groups in total. The van der Waals surface area contributed by atoms with Crippen LogP contribution in [0.15, 0.2) is 39.6 Å². The van der Waals surface area contributed by atoms with E-state index >= 15 is 4.39 Å². The van der Waals surface area contributed by atoms with Gasteiger partial charge in [0.25, 0.3) is 11.8 Å². The van der Waals surface area contributed by atoms with Crippen LogP contribution in [0.2, 0.25) is 5.02 Å². The van der Waals surface area contributed by atoms with Crippen LogP contribution >= 0.6 is 11.6 Å². The van der Waals surface area contributed by atoms with E-state index in [9.17, 15) is 18.0 Å². The maximum atomic E-state index is 15.8. The smallest absolute Gasteiger partial charge is 0.408 e. The number of ether oxygens (including phenoxy) is 1. The summed E-state index contributed by atoms with van der Waals surface area (Å²) in [5.41, 5.74) is -1.27. The minimum atomic E-state index is -4.31. The first-order chi connectivity index (χ1) is 18.9. The Balaban J connectivity index is 1.90. The summed E-state index contributed by atoms with van der Waals surface area (Å²) in [6.07, 6.45) is -0.965. The summed E-state index contributed by atoms with van der Waals surface area (Å²) >= 11 is 6.04. The molecule has 3 aromatic rings. The zero-order chi connectivity index (χ0) is 30.5. The van der Waals surface area contributed by atoms with Crippen LogP contribution < -0.4 is 10.2 Å². The van der Waals surface area contributed by atoms with Crippen molar-refractivity contribution in [2.24, 2.45) is 0 Å². The Bertz CT molecular complexity index is 1610. The van der Waals surface area contributed by atoms with Crippen LogP contribution in [0, 0.1) is 12.7 Å².